The van der Waals surface area contributed by atoms with Crippen molar-refractivity contribution in [2.75, 3.05) is 46.3 Å². The van der Waals surface area contributed by atoms with Gasteiger partial charge in [0.25, 0.3) is 0 Å². The Bertz CT molecular complexity index is 485. The number of hydrogen-bond donors (Lipinski definition) is 2. The summed E-state index contributed by atoms with van der Waals surface area (Å²) in [5.74, 6) is 0.576. The van der Waals surface area contributed by atoms with Crippen molar-refractivity contribution in [3.05, 3.63) is 29.8 Å². The molecule has 2 rings (SSSR count). The lowest BCUT2D eigenvalue weighted by Crippen LogP contribution is -2.47. The first-order valence-electron chi connectivity index (χ1n) is 7.99. The molecule has 1 fully saturated rings. The zero-order valence-corrected chi connectivity index (χ0v) is 13.6. The summed E-state index contributed by atoms with van der Waals surface area (Å²) in [6.45, 7) is 8.31. The predicted molar refractivity (Wildman–Crippen MR) is 87.9 cm³/mol. The Hall–Kier alpha value is -1.59. The fraction of sp³-hybridized carbons (Fsp3) is 0.588. The second-order valence-electron chi connectivity index (χ2n) is 6.32. The number of hydrogen-bond acceptors (Lipinski definition) is 4. The highest BCUT2D eigenvalue weighted by atomic mass is 16.3. The molecule has 122 valence electrons. The van der Waals surface area contributed by atoms with Crippen molar-refractivity contribution < 1.29 is 9.90 Å². The van der Waals surface area contributed by atoms with Gasteiger partial charge in [-0.15, -0.1) is 0 Å². The van der Waals surface area contributed by atoms with Gasteiger partial charge in [-0.3, -0.25) is 4.79 Å². The zero-order valence-electron chi connectivity index (χ0n) is 13.6. The van der Waals surface area contributed by atoms with E-state index in [1.807, 2.05) is 6.07 Å². The van der Waals surface area contributed by atoms with Crippen molar-refractivity contribution in [3.8, 4) is 5.75 Å². The molecular formula is C17H27N3O2. The SMILES string of the molecule is C[C@H](CNC(=O)Cc1ccccc1O)CN1CCN(C)CC1. The average molecular weight is 305 g/mol. The van der Waals surface area contributed by atoms with Gasteiger partial charge in [0.15, 0.2) is 0 Å². The molecule has 5 heteroatoms. The van der Waals surface area contributed by atoms with Gasteiger partial charge >= 0.3 is 0 Å². The third-order valence-corrected chi connectivity index (χ3v) is 4.16. The van der Waals surface area contributed by atoms with E-state index < -0.39 is 0 Å². The molecule has 1 aliphatic heterocycles. The molecule has 0 spiro atoms. The maximum atomic E-state index is 12.0. The van der Waals surface area contributed by atoms with Crippen molar-refractivity contribution in [3.63, 3.8) is 0 Å². The fourth-order valence-corrected chi connectivity index (χ4v) is 2.72. The third kappa shape index (κ3) is 5.31. The molecule has 1 aromatic carbocycles. The molecule has 1 saturated heterocycles. The minimum atomic E-state index is -0.0354. The summed E-state index contributed by atoms with van der Waals surface area (Å²) in [5, 5.41) is 12.7. The number of phenolic OH excluding ortho intramolecular Hbond substituents is 1. The van der Waals surface area contributed by atoms with Crippen LogP contribution < -0.4 is 5.32 Å². The molecule has 0 saturated carbocycles. The molecule has 0 aromatic heterocycles. The number of carbonyl (C=O) groups excluding carboxylic acids is 1. The Labute approximate surface area is 132 Å². The number of piperazine rings is 1. The van der Waals surface area contributed by atoms with E-state index in [2.05, 4.69) is 29.1 Å². The standard InChI is InChI=1S/C17H27N3O2/c1-14(13-20-9-7-19(2)8-10-20)12-18-17(22)11-15-5-3-4-6-16(15)21/h3-6,14,21H,7-13H2,1-2H3,(H,18,22)/t14-/m1/s1. The fourth-order valence-electron chi connectivity index (χ4n) is 2.72. The van der Waals surface area contributed by atoms with E-state index in [1.54, 1.807) is 18.2 Å². The van der Waals surface area contributed by atoms with E-state index in [1.165, 1.54) is 0 Å². The van der Waals surface area contributed by atoms with Crippen molar-refractivity contribution in [2.24, 2.45) is 5.92 Å². The number of nitrogens with zero attached hydrogens (tertiary/aromatic N) is 2. The Balaban J connectivity index is 1.68. The van der Waals surface area contributed by atoms with Crippen LogP contribution in [-0.4, -0.2) is 67.1 Å². The number of carbonyl (C=O) groups is 1. The monoisotopic (exact) mass is 305 g/mol. The van der Waals surface area contributed by atoms with Crippen LogP contribution in [-0.2, 0) is 11.2 Å². The maximum Gasteiger partial charge on any atom is 0.224 e. The minimum absolute atomic E-state index is 0.0354. The number of para-hydroxylation sites is 1. The zero-order chi connectivity index (χ0) is 15.9. The molecule has 1 aromatic rings. The van der Waals surface area contributed by atoms with E-state index in [0.717, 1.165) is 32.7 Å². The van der Waals surface area contributed by atoms with Crippen LogP contribution in [0.3, 0.4) is 0 Å². The van der Waals surface area contributed by atoms with Gasteiger partial charge in [-0.2, -0.15) is 0 Å². The van der Waals surface area contributed by atoms with Crippen LogP contribution >= 0.6 is 0 Å². The van der Waals surface area contributed by atoms with Crippen LogP contribution in [0.15, 0.2) is 24.3 Å². The Morgan fingerprint density at radius 2 is 1.95 bits per heavy atom. The number of likely N-dealkylation sites (N-methyl/N-ethyl adjacent to an activating group) is 1. The molecule has 1 atom stereocenters. The molecule has 22 heavy (non-hydrogen) atoms. The third-order valence-electron chi connectivity index (χ3n) is 4.16. The molecule has 0 radical (unpaired) electrons. The molecule has 2 N–H and O–H groups in total. The van der Waals surface area contributed by atoms with Gasteiger partial charge in [-0.25, -0.2) is 0 Å². The van der Waals surface area contributed by atoms with Crippen LogP contribution in [0.1, 0.15) is 12.5 Å². The molecule has 0 bridgehead atoms. The lowest BCUT2D eigenvalue weighted by molar-refractivity contribution is -0.120. The van der Waals surface area contributed by atoms with Gasteiger partial charge < -0.3 is 20.2 Å². The van der Waals surface area contributed by atoms with Crippen LogP contribution in [0.5, 0.6) is 5.75 Å². The minimum Gasteiger partial charge on any atom is -0.508 e. The molecule has 1 aliphatic rings. The second kappa shape index (κ2) is 8.15. The molecule has 5 nitrogen and oxygen atoms in total. The summed E-state index contributed by atoms with van der Waals surface area (Å²) < 4.78 is 0. The molecule has 1 heterocycles. The van der Waals surface area contributed by atoms with Crippen molar-refractivity contribution >= 4 is 5.91 Å². The lowest BCUT2D eigenvalue weighted by atomic mass is 10.1. The van der Waals surface area contributed by atoms with E-state index >= 15 is 0 Å². The number of nitrogens with one attached hydrogen (secondary N) is 1. The quantitative estimate of drug-likeness (QED) is 0.821. The summed E-state index contributed by atoms with van der Waals surface area (Å²) in [6, 6.07) is 6.98. The molecular weight excluding hydrogens is 278 g/mol. The highest BCUT2D eigenvalue weighted by Crippen LogP contribution is 2.15. The number of aromatic hydroxyl groups is 1. The topological polar surface area (TPSA) is 55.8 Å². The Kier molecular flexibility index (Phi) is 6.21. The van der Waals surface area contributed by atoms with E-state index in [4.69, 9.17) is 0 Å². The maximum absolute atomic E-state index is 12.0. The Morgan fingerprint density at radius 1 is 1.27 bits per heavy atom. The highest BCUT2D eigenvalue weighted by Gasteiger charge is 2.16. The van der Waals surface area contributed by atoms with Crippen molar-refractivity contribution in [2.45, 2.75) is 13.3 Å². The number of phenols is 1. The van der Waals surface area contributed by atoms with Gasteiger partial charge in [-0.1, -0.05) is 25.1 Å². The van der Waals surface area contributed by atoms with E-state index in [9.17, 15) is 9.90 Å². The summed E-state index contributed by atoms with van der Waals surface area (Å²) in [5.41, 5.74) is 0.673. The first-order valence-corrected chi connectivity index (χ1v) is 7.99. The van der Waals surface area contributed by atoms with Gasteiger partial charge in [-0.05, 0) is 19.0 Å². The smallest absolute Gasteiger partial charge is 0.224 e. The molecule has 0 unspecified atom stereocenters. The largest absolute Gasteiger partial charge is 0.508 e. The average Bonchev–Trinajstić information content (AvgIpc) is 2.50. The summed E-state index contributed by atoms with van der Waals surface area (Å²) in [7, 11) is 2.15. The van der Waals surface area contributed by atoms with Gasteiger partial charge in [0.1, 0.15) is 5.75 Å². The van der Waals surface area contributed by atoms with Crippen LogP contribution in [0.2, 0.25) is 0 Å². The normalized spacial score (nSPS) is 18.1. The first-order chi connectivity index (χ1) is 10.5. The van der Waals surface area contributed by atoms with E-state index in [-0.39, 0.29) is 18.1 Å². The second-order valence-corrected chi connectivity index (χ2v) is 6.32. The van der Waals surface area contributed by atoms with Crippen LogP contribution in [0.25, 0.3) is 0 Å². The number of amides is 1. The van der Waals surface area contributed by atoms with Crippen molar-refractivity contribution in [1.29, 1.82) is 0 Å². The van der Waals surface area contributed by atoms with Gasteiger partial charge in [0.05, 0.1) is 6.42 Å². The lowest BCUT2D eigenvalue weighted by Gasteiger charge is -2.33. The number of benzene rings is 1. The van der Waals surface area contributed by atoms with Crippen LogP contribution in [0.4, 0.5) is 0 Å². The van der Waals surface area contributed by atoms with Crippen LogP contribution in [0, 0.1) is 5.92 Å². The molecule has 1 amide bonds. The summed E-state index contributed by atoms with van der Waals surface area (Å²) in [4.78, 5) is 16.8. The Morgan fingerprint density at radius 3 is 2.64 bits per heavy atom. The highest BCUT2D eigenvalue weighted by molar-refractivity contribution is 5.79. The number of rotatable bonds is 6. The molecule has 0 aliphatic carbocycles. The van der Waals surface area contributed by atoms with E-state index in [0.29, 0.717) is 18.0 Å². The van der Waals surface area contributed by atoms with Gasteiger partial charge in [0, 0.05) is 44.8 Å². The first kappa shape index (κ1) is 16.8. The predicted octanol–water partition coefficient (Wildman–Crippen LogP) is 0.934. The van der Waals surface area contributed by atoms with Crippen molar-refractivity contribution in [1.82, 2.24) is 15.1 Å². The summed E-state index contributed by atoms with van der Waals surface area (Å²) in [6.07, 6.45) is 0.230. The summed E-state index contributed by atoms with van der Waals surface area (Å²) >= 11 is 0. The van der Waals surface area contributed by atoms with Gasteiger partial charge in [0.2, 0.25) is 5.91 Å².